The molecule has 0 saturated carbocycles. The molecule has 0 radical (unpaired) electrons. The molecule has 2 aromatic carbocycles. The smallest absolute Gasteiger partial charge is 0.271 e. The van der Waals surface area contributed by atoms with Crippen LogP contribution in [0.5, 0.6) is 0 Å². The van der Waals surface area contributed by atoms with Gasteiger partial charge in [0.25, 0.3) is 11.8 Å². The second-order valence-electron chi connectivity index (χ2n) is 5.35. The summed E-state index contributed by atoms with van der Waals surface area (Å²) in [6.45, 7) is 1.81. The first-order valence-corrected chi connectivity index (χ1v) is 8.68. The zero-order valence-electron chi connectivity index (χ0n) is 13.1. The maximum absolute atomic E-state index is 12.2. The van der Waals surface area contributed by atoms with Crippen molar-refractivity contribution < 1.29 is 14.4 Å². The number of thioether (sulfide) groups is 1. The number of hydrogen-bond acceptors (Lipinski definition) is 4. The van der Waals surface area contributed by atoms with Gasteiger partial charge in [0.05, 0.1) is 21.5 Å². The maximum Gasteiger partial charge on any atom is 0.271 e. The molecule has 6 nitrogen and oxygen atoms in total. The molecule has 8 heteroatoms. The zero-order valence-corrected chi connectivity index (χ0v) is 14.7. The highest BCUT2D eigenvalue weighted by Gasteiger charge is 2.23. The minimum atomic E-state index is -0.519. The number of fused-ring (bicyclic) bond motifs is 1. The van der Waals surface area contributed by atoms with Crippen molar-refractivity contribution in [3.05, 3.63) is 58.6 Å². The van der Waals surface area contributed by atoms with Crippen molar-refractivity contribution in [3.8, 4) is 0 Å². The topological polar surface area (TPSA) is 87.3 Å². The predicted molar refractivity (Wildman–Crippen MR) is 96.8 cm³/mol. The Balaban J connectivity index is 1.68. The van der Waals surface area contributed by atoms with Crippen LogP contribution in [-0.2, 0) is 4.79 Å². The van der Waals surface area contributed by atoms with E-state index < -0.39 is 11.8 Å². The van der Waals surface area contributed by atoms with Crippen molar-refractivity contribution in [2.75, 3.05) is 5.32 Å². The van der Waals surface area contributed by atoms with E-state index in [1.165, 1.54) is 11.8 Å². The lowest BCUT2D eigenvalue weighted by atomic mass is 10.2. The van der Waals surface area contributed by atoms with Crippen LogP contribution in [0.1, 0.15) is 27.6 Å². The second-order valence-corrected chi connectivity index (χ2v) is 7.14. The number of benzene rings is 2. The van der Waals surface area contributed by atoms with Crippen LogP contribution in [-0.4, -0.2) is 23.0 Å². The van der Waals surface area contributed by atoms with E-state index in [1.807, 2.05) is 6.92 Å². The number of carbonyl (C=O) groups excluding carboxylic acids is 3. The molecule has 1 heterocycles. The molecule has 3 N–H and O–H groups in total. The SMILES string of the molecule is C[C@@H]1Sc2ccc(C(=O)NNC(=O)c3ccccc3Cl)cc2NC1=O. The third kappa shape index (κ3) is 3.78. The van der Waals surface area contributed by atoms with Gasteiger partial charge in [-0.25, -0.2) is 0 Å². The van der Waals surface area contributed by atoms with Crippen molar-refractivity contribution in [2.45, 2.75) is 17.1 Å². The lowest BCUT2D eigenvalue weighted by Crippen LogP contribution is -2.41. The van der Waals surface area contributed by atoms with Crippen molar-refractivity contribution >= 4 is 46.8 Å². The maximum atomic E-state index is 12.2. The monoisotopic (exact) mass is 375 g/mol. The van der Waals surface area contributed by atoms with Gasteiger partial charge in [-0.2, -0.15) is 0 Å². The number of carbonyl (C=O) groups is 3. The molecule has 0 saturated heterocycles. The summed E-state index contributed by atoms with van der Waals surface area (Å²) in [4.78, 5) is 36.9. The van der Waals surface area contributed by atoms with Crippen molar-refractivity contribution in [1.29, 1.82) is 0 Å². The quantitative estimate of drug-likeness (QED) is 0.704. The van der Waals surface area contributed by atoms with E-state index in [4.69, 9.17) is 11.6 Å². The summed E-state index contributed by atoms with van der Waals surface area (Å²) < 4.78 is 0. The van der Waals surface area contributed by atoms with Crippen LogP contribution in [0.2, 0.25) is 5.02 Å². The molecule has 0 fully saturated rings. The number of hydrogen-bond donors (Lipinski definition) is 3. The zero-order chi connectivity index (χ0) is 18.0. The molecule has 1 aliphatic rings. The molecule has 0 aliphatic carbocycles. The standard InChI is InChI=1S/C17H14ClN3O3S/c1-9-15(22)19-13-8-10(6-7-14(13)25-9)16(23)20-21-17(24)11-4-2-3-5-12(11)18/h2-9H,1H3,(H,19,22)(H,20,23)(H,21,24)/t9-/m0/s1. The molecule has 0 bridgehead atoms. The molecule has 0 spiro atoms. The number of nitrogens with one attached hydrogen (secondary N) is 3. The highest BCUT2D eigenvalue weighted by atomic mass is 35.5. The van der Waals surface area contributed by atoms with Crippen LogP contribution in [0.3, 0.4) is 0 Å². The van der Waals surface area contributed by atoms with Gasteiger partial charge in [-0.05, 0) is 37.3 Å². The number of amides is 3. The minimum absolute atomic E-state index is 0.109. The first-order valence-electron chi connectivity index (χ1n) is 7.42. The molecule has 1 atom stereocenters. The number of halogens is 1. The molecular weight excluding hydrogens is 362 g/mol. The third-order valence-electron chi connectivity index (χ3n) is 3.58. The van der Waals surface area contributed by atoms with Crippen LogP contribution in [0.4, 0.5) is 5.69 Å². The fourth-order valence-electron chi connectivity index (χ4n) is 2.25. The van der Waals surface area contributed by atoms with E-state index in [0.29, 0.717) is 11.3 Å². The van der Waals surface area contributed by atoms with Gasteiger partial charge in [-0.3, -0.25) is 25.2 Å². The molecular formula is C17H14ClN3O3S. The Morgan fingerprint density at radius 2 is 1.84 bits per heavy atom. The molecule has 0 unspecified atom stereocenters. The van der Waals surface area contributed by atoms with Gasteiger partial charge in [0.15, 0.2) is 0 Å². The third-order valence-corrected chi connectivity index (χ3v) is 5.09. The Labute approximate surface area is 153 Å². The fourth-order valence-corrected chi connectivity index (χ4v) is 3.40. The molecule has 1 aliphatic heterocycles. The van der Waals surface area contributed by atoms with E-state index in [1.54, 1.807) is 42.5 Å². The average molecular weight is 376 g/mol. The van der Waals surface area contributed by atoms with Crippen LogP contribution < -0.4 is 16.2 Å². The van der Waals surface area contributed by atoms with Gasteiger partial charge in [0.2, 0.25) is 5.91 Å². The van der Waals surface area contributed by atoms with Crippen molar-refractivity contribution in [1.82, 2.24) is 10.9 Å². The van der Waals surface area contributed by atoms with Crippen LogP contribution >= 0.6 is 23.4 Å². The fraction of sp³-hybridized carbons (Fsp3) is 0.118. The molecule has 0 aromatic heterocycles. The average Bonchev–Trinajstić information content (AvgIpc) is 2.60. The summed E-state index contributed by atoms with van der Waals surface area (Å²) in [5.74, 6) is -1.13. The van der Waals surface area contributed by atoms with E-state index in [9.17, 15) is 14.4 Å². The Hall–Kier alpha value is -2.51. The summed E-state index contributed by atoms with van der Waals surface area (Å²) >= 11 is 7.37. The summed E-state index contributed by atoms with van der Waals surface area (Å²) in [5.41, 5.74) is 5.81. The first kappa shape index (κ1) is 17.3. The highest BCUT2D eigenvalue weighted by molar-refractivity contribution is 8.00. The highest BCUT2D eigenvalue weighted by Crippen LogP contribution is 2.35. The summed E-state index contributed by atoms with van der Waals surface area (Å²) in [6.07, 6.45) is 0. The van der Waals surface area contributed by atoms with E-state index in [-0.39, 0.29) is 21.7 Å². The summed E-state index contributed by atoms with van der Waals surface area (Å²) in [7, 11) is 0. The lowest BCUT2D eigenvalue weighted by molar-refractivity contribution is -0.115. The Morgan fingerprint density at radius 1 is 1.12 bits per heavy atom. The van der Waals surface area contributed by atoms with Crippen LogP contribution in [0.25, 0.3) is 0 Å². The number of rotatable bonds is 2. The summed E-state index contributed by atoms with van der Waals surface area (Å²) in [6, 6.07) is 11.5. The second kappa shape index (κ2) is 7.16. The van der Waals surface area contributed by atoms with E-state index in [2.05, 4.69) is 16.2 Å². The van der Waals surface area contributed by atoms with Gasteiger partial charge in [0.1, 0.15) is 0 Å². The molecule has 3 amide bonds. The first-order chi connectivity index (χ1) is 12.0. The Kier molecular flexibility index (Phi) is 4.96. The van der Waals surface area contributed by atoms with Crippen molar-refractivity contribution in [2.24, 2.45) is 0 Å². The van der Waals surface area contributed by atoms with Gasteiger partial charge >= 0.3 is 0 Å². The Bertz CT molecular complexity index is 872. The molecule has 25 heavy (non-hydrogen) atoms. The minimum Gasteiger partial charge on any atom is -0.324 e. The molecule has 3 rings (SSSR count). The summed E-state index contributed by atoms with van der Waals surface area (Å²) in [5, 5.41) is 2.87. The van der Waals surface area contributed by atoms with E-state index >= 15 is 0 Å². The van der Waals surface area contributed by atoms with Gasteiger partial charge in [-0.1, -0.05) is 23.7 Å². The van der Waals surface area contributed by atoms with Crippen LogP contribution in [0, 0.1) is 0 Å². The predicted octanol–water partition coefficient (Wildman–Crippen LogP) is 2.85. The lowest BCUT2D eigenvalue weighted by Gasteiger charge is -2.21. The normalized spacial score (nSPS) is 15.8. The Morgan fingerprint density at radius 3 is 2.60 bits per heavy atom. The number of anilines is 1. The van der Waals surface area contributed by atoms with Crippen LogP contribution in [0.15, 0.2) is 47.4 Å². The molecule has 128 valence electrons. The van der Waals surface area contributed by atoms with E-state index in [0.717, 1.165) is 4.90 Å². The molecule has 2 aromatic rings. The number of hydrazine groups is 1. The largest absolute Gasteiger partial charge is 0.324 e. The van der Waals surface area contributed by atoms with Gasteiger partial charge in [0, 0.05) is 10.5 Å². The van der Waals surface area contributed by atoms with Gasteiger partial charge < -0.3 is 5.32 Å². The van der Waals surface area contributed by atoms with Gasteiger partial charge in [-0.15, -0.1) is 11.8 Å². The van der Waals surface area contributed by atoms with Crippen molar-refractivity contribution in [3.63, 3.8) is 0 Å².